The van der Waals surface area contributed by atoms with Crippen molar-refractivity contribution in [3.8, 4) is 0 Å². The number of amides is 5. The molecular weight excluding hydrogens is 506 g/mol. The molecule has 2 aromatic rings. The number of carbonyl (C=O) groups is 6. The Morgan fingerprint density at radius 3 is 1.59 bits per heavy atom. The molecule has 0 bridgehead atoms. The van der Waals surface area contributed by atoms with Crippen molar-refractivity contribution in [3.05, 3.63) is 46.5 Å². The van der Waals surface area contributed by atoms with E-state index in [0.29, 0.717) is 11.8 Å². The quantitative estimate of drug-likeness (QED) is 0.461. The van der Waals surface area contributed by atoms with Crippen molar-refractivity contribution in [2.45, 2.75) is 65.0 Å². The van der Waals surface area contributed by atoms with Gasteiger partial charge < -0.3 is 15.2 Å². The van der Waals surface area contributed by atoms with E-state index in [4.69, 9.17) is 4.74 Å². The largest absolute Gasteiger partial charge is 0.480 e. The molecular formula is C28H31N3O8. The van der Waals surface area contributed by atoms with Crippen LogP contribution in [0.2, 0.25) is 0 Å². The molecule has 0 fully saturated rings. The predicted molar refractivity (Wildman–Crippen MR) is 140 cm³/mol. The van der Waals surface area contributed by atoms with E-state index in [1.165, 1.54) is 29.2 Å². The van der Waals surface area contributed by atoms with Gasteiger partial charge >= 0.3 is 12.1 Å². The fourth-order valence-electron chi connectivity index (χ4n) is 4.86. The van der Waals surface area contributed by atoms with E-state index in [1.54, 1.807) is 20.8 Å². The molecule has 0 saturated heterocycles. The molecule has 2 aliphatic heterocycles. The summed E-state index contributed by atoms with van der Waals surface area (Å²) in [6.07, 6.45) is 0.630. The second kappa shape index (κ2) is 10.5. The van der Waals surface area contributed by atoms with E-state index in [1.807, 2.05) is 6.92 Å². The number of rotatable bonds is 9. The minimum Gasteiger partial charge on any atom is -0.480 e. The fourth-order valence-corrected chi connectivity index (χ4v) is 4.86. The van der Waals surface area contributed by atoms with Gasteiger partial charge in [0, 0.05) is 46.1 Å². The molecule has 0 saturated carbocycles. The molecule has 0 aromatic heterocycles. The number of carbonyl (C=O) groups excluding carboxylic acids is 5. The second-order valence-electron chi connectivity index (χ2n) is 10.6. The minimum atomic E-state index is -1.28. The van der Waals surface area contributed by atoms with Crippen LogP contribution in [0.5, 0.6) is 0 Å². The van der Waals surface area contributed by atoms with Crippen LogP contribution in [0.4, 0.5) is 4.79 Å². The van der Waals surface area contributed by atoms with Crippen LogP contribution >= 0.6 is 0 Å². The highest BCUT2D eigenvalue weighted by Crippen LogP contribution is 2.38. The van der Waals surface area contributed by atoms with E-state index in [9.17, 15) is 33.9 Å². The van der Waals surface area contributed by atoms with Gasteiger partial charge in [-0.25, -0.2) is 9.59 Å². The number of benzene rings is 2. The monoisotopic (exact) mass is 537 g/mol. The number of unbranched alkanes of at least 4 members (excludes halogenated alkanes) is 1. The lowest BCUT2D eigenvalue weighted by Gasteiger charge is -2.32. The number of carboxylic acids is 1. The lowest BCUT2D eigenvalue weighted by Crippen LogP contribution is -2.45. The lowest BCUT2D eigenvalue weighted by molar-refractivity contribution is -0.139. The van der Waals surface area contributed by atoms with Crippen LogP contribution < -0.4 is 5.32 Å². The molecule has 4 rings (SSSR count). The molecule has 206 valence electrons. The predicted octanol–water partition coefficient (Wildman–Crippen LogP) is 3.59. The molecule has 0 aliphatic carbocycles. The molecule has 0 spiro atoms. The van der Waals surface area contributed by atoms with Crippen molar-refractivity contribution < 1.29 is 38.6 Å². The first-order valence-corrected chi connectivity index (χ1v) is 12.9. The minimum absolute atomic E-state index is 0.0532. The van der Waals surface area contributed by atoms with E-state index in [2.05, 4.69) is 5.32 Å². The SMILES string of the molecule is CCCCN1C(=O)c2ccc3c4c(ccc(c24)C1=O)C(=O)N(CCCC(NC(=O)OC(C)(C)C)C(=O)O)C3=O. The Labute approximate surface area is 225 Å². The maximum atomic E-state index is 13.4. The van der Waals surface area contributed by atoms with Crippen molar-refractivity contribution in [3.63, 3.8) is 0 Å². The van der Waals surface area contributed by atoms with Crippen LogP contribution in [0.15, 0.2) is 24.3 Å². The highest BCUT2D eigenvalue weighted by Gasteiger charge is 2.39. The summed E-state index contributed by atoms with van der Waals surface area (Å²) in [5.74, 6) is -3.38. The molecule has 2 aliphatic rings. The van der Waals surface area contributed by atoms with Crippen molar-refractivity contribution in [2.24, 2.45) is 0 Å². The van der Waals surface area contributed by atoms with E-state index < -0.39 is 47.3 Å². The van der Waals surface area contributed by atoms with E-state index in [0.717, 1.165) is 11.3 Å². The van der Waals surface area contributed by atoms with Crippen LogP contribution in [0, 0.1) is 0 Å². The average molecular weight is 538 g/mol. The van der Waals surface area contributed by atoms with Gasteiger partial charge in [-0.3, -0.25) is 29.0 Å². The molecule has 11 nitrogen and oxygen atoms in total. The molecule has 0 radical (unpaired) electrons. The van der Waals surface area contributed by atoms with Crippen molar-refractivity contribution in [1.82, 2.24) is 15.1 Å². The summed E-state index contributed by atoms with van der Waals surface area (Å²) < 4.78 is 5.11. The summed E-state index contributed by atoms with van der Waals surface area (Å²) in [5.41, 5.74) is 0.113. The Morgan fingerprint density at radius 2 is 1.23 bits per heavy atom. The number of aliphatic carboxylic acids is 1. The van der Waals surface area contributed by atoms with Crippen molar-refractivity contribution in [2.75, 3.05) is 13.1 Å². The summed E-state index contributed by atoms with van der Waals surface area (Å²) in [6.45, 7) is 7.10. The van der Waals surface area contributed by atoms with Gasteiger partial charge in [-0.2, -0.15) is 0 Å². The third kappa shape index (κ3) is 5.21. The molecule has 2 N–H and O–H groups in total. The summed E-state index contributed by atoms with van der Waals surface area (Å²) in [4.78, 5) is 78.9. The van der Waals surface area contributed by atoms with Gasteiger partial charge in [-0.1, -0.05) is 13.3 Å². The number of carboxylic acid groups (broad SMARTS) is 1. The van der Waals surface area contributed by atoms with Crippen LogP contribution in [0.1, 0.15) is 94.8 Å². The Morgan fingerprint density at radius 1 is 0.821 bits per heavy atom. The molecule has 1 unspecified atom stereocenters. The number of alkyl carbamates (subject to hydrolysis) is 1. The Bertz CT molecular complexity index is 1340. The topological polar surface area (TPSA) is 150 Å². The summed E-state index contributed by atoms with van der Waals surface area (Å²) in [6, 6.07) is 4.72. The second-order valence-corrected chi connectivity index (χ2v) is 10.6. The van der Waals surface area contributed by atoms with Crippen LogP contribution in [0.25, 0.3) is 10.8 Å². The zero-order valence-corrected chi connectivity index (χ0v) is 22.3. The lowest BCUT2D eigenvalue weighted by atomic mass is 9.86. The van der Waals surface area contributed by atoms with E-state index in [-0.39, 0.29) is 53.6 Å². The number of hydrogen-bond acceptors (Lipinski definition) is 7. The molecule has 5 amide bonds. The normalized spacial score (nSPS) is 15.6. The zero-order valence-electron chi connectivity index (χ0n) is 22.3. The standard InChI is InChI=1S/C28H31N3O8/c1-5-6-13-30-22(32)15-9-11-17-21-18(12-10-16(20(15)21)23(30)33)25(35)31(24(17)34)14-7-8-19(26(36)37)29-27(38)39-28(2,3)4/h9-12,19H,5-8,13-14H2,1-4H3,(H,29,38)(H,36,37). The summed E-state index contributed by atoms with van der Waals surface area (Å²) >= 11 is 0. The molecule has 11 heteroatoms. The smallest absolute Gasteiger partial charge is 0.408 e. The maximum absolute atomic E-state index is 13.4. The number of nitrogens with one attached hydrogen (secondary N) is 1. The zero-order chi connectivity index (χ0) is 28.6. The average Bonchev–Trinajstić information content (AvgIpc) is 2.86. The molecule has 39 heavy (non-hydrogen) atoms. The van der Waals surface area contributed by atoms with Gasteiger partial charge in [0.05, 0.1) is 0 Å². The molecule has 1 atom stereocenters. The maximum Gasteiger partial charge on any atom is 0.408 e. The van der Waals surface area contributed by atoms with Crippen molar-refractivity contribution in [1.29, 1.82) is 0 Å². The van der Waals surface area contributed by atoms with E-state index >= 15 is 0 Å². The Balaban J connectivity index is 1.56. The highest BCUT2D eigenvalue weighted by molar-refractivity contribution is 6.33. The van der Waals surface area contributed by atoms with Gasteiger partial charge in [-0.05, 0) is 64.3 Å². The van der Waals surface area contributed by atoms with Crippen LogP contribution in [-0.2, 0) is 9.53 Å². The molecule has 2 aromatic carbocycles. The summed E-state index contributed by atoms with van der Waals surface area (Å²) in [7, 11) is 0. The highest BCUT2D eigenvalue weighted by atomic mass is 16.6. The fraction of sp³-hybridized carbons (Fsp3) is 0.429. The van der Waals surface area contributed by atoms with Gasteiger partial charge in [0.15, 0.2) is 0 Å². The van der Waals surface area contributed by atoms with Gasteiger partial charge in [0.25, 0.3) is 23.6 Å². The van der Waals surface area contributed by atoms with Gasteiger partial charge in [-0.15, -0.1) is 0 Å². The third-order valence-electron chi connectivity index (χ3n) is 6.66. The number of imide groups is 2. The number of hydrogen-bond donors (Lipinski definition) is 2. The Kier molecular flexibility index (Phi) is 7.45. The van der Waals surface area contributed by atoms with Crippen molar-refractivity contribution >= 4 is 46.5 Å². The summed E-state index contributed by atoms with van der Waals surface area (Å²) in [5, 5.41) is 12.4. The Hall–Kier alpha value is -4.28. The number of ether oxygens (including phenoxy) is 1. The number of nitrogens with zero attached hydrogens (tertiary/aromatic N) is 2. The van der Waals surface area contributed by atoms with Crippen LogP contribution in [0.3, 0.4) is 0 Å². The first-order valence-electron chi connectivity index (χ1n) is 12.9. The van der Waals surface area contributed by atoms with Crippen LogP contribution in [-0.4, -0.2) is 75.3 Å². The van der Waals surface area contributed by atoms with Gasteiger partial charge in [0.2, 0.25) is 0 Å². The first kappa shape index (κ1) is 27.7. The molecule has 2 heterocycles. The third-order valence-corrected chi connectivity index (χ3v) is 6.66. The van der Waals surface area contributed by atoms with Gasteiger partial charge in [0.1, 0.15) is 11.6 Å². The first-order chi connectivity index (χ1) is 18.4.